The maximum atomic E-state index is 9.15. The van der Waals surface area contributed by atoms with Crippen LogP contribution >= 0.6 is 0 Å². The highest BCUT2D eigenvalue weighted by atomic mass is 16.3. The van der Waals surface area contributed by atoms with E-state index in [0.29, 0.717) is 12.2 Å². The van der Waals surface area contributed by atoms with E-state index in [1.165, 1.54) is 0 Å². The Morgan fingerprint density at radius 2 is 2.05 bits per heavy atom. The summed E-state index contributed by atoms with van der Waals surface area (Å²) in [5.41, 5.74) is 2.23. The zero-order valence-corrected chi connectivity index (χ0v) is 12.0. The fourth-order valence-corrected chi connectivity index (χ4v) is 2.42. The molecule has 3 aromatic rings. The van der Waals surface area contributed by atoms with E-state index in [1.54, 1.807) is 0 Å². The number of nitrogens with zero attached hydrogens (tertiary/aromatic N) is 3. The molecule has 0 N–H and O–H groups in total. The molecule has 0 saturated carbocycles. The van der Waals surface area contributed by atoms with E-state index in [0.717, 1.165) is 28.1 Å². The monoisotopic (exact) mass is 277 g/mol. The van der Waals surface area contributed by atoms with Gasteiger partial charge < -0.3 is 9.32 Å². The summed E-state index contributed by atoms with van der Waals surface area (Å²) < 4.78 is 5.62. The Morgan fingerprint density at radius 3 is 2.76 bits per heavy atom. The Balaban J connectivity index is 2.04. The molecular formula is C17H15N3O. The first-order chi connectivity index (χ1) is 10.2. The van der Waals surface area contributed by atoms with Gasteiger partial charge in [-0.3, -0.25) is 0 Å². The number of fused-ring (bicyclic) bond motifs is 1. The van der Waals surface area contributed by atoms with Crippen LogP contribution in [-0.2, 0) is 6.54 Å². The van der Waals surface area contributed by atoms with Gasteiger partial charge in [0.25, 0.3) is 0 Å². The molecule has 0 aliphatic carbocycles. The molecule has 3 rings (SSSR count). The second kappa shape index (κ2) is 5.29. The number of aromatic nitrogens is 1. The summed E-state index contributed by atoms with van der Waals surface area (Å²) in [7, 11) is 1.99. The summed E-state index contributed by atoms with van der Waals surface area (Å²) >= 11 is 0. The minimum absolute atomic E-state index is 0.422. The first-order valence-corrected chi connectivity index (χ1v) is 6.74. The largest absolute Gasteiger partial charge is 0.464 e. The van der Waals surface area contributed by atoms with Crippen LogP contribution < -0.4 is 4.90 Å². The molecule has 0 atom stereocenters. The third-order valence-electron chi connectivity index (χ3n) is 3.41. The molecule has 0 aliphatic heterocycles. The van der Waals surface area contributed by atoms with Crippen LogP contribution in [0.15, 0.2) is 46.9 Å². The lowest BCUT2D eigenvalue weighted by Gasteiger charge is -2.20. The molecule has 4 nitrogen and oxygen atoms in total. The van der Waals surface area contributed by atoms with Crippen molar-refractivity contribution in [3.05, 3.63) is 59.7 Å². The Bertz CT molecular complexity index is 829. The van der Waals surface area contributed by atoms with Gasteiger partial charge in [-0.05, 0) is 31.2 Å². The molecule has 1 aromatic carbocycles. The fraction of sp³-hybridized carbons (Fsp3) is 0.176. The summed E-state index contributed by atoms with van der Waals surface area (Å²) in [5.74, 6) is 1.80. The average Bonchev–Trinajstić information content (AvgIpc) is 2.91. The predicted octanol–water partition coefficient (Wildman–Crippen LogP) is 3.64. The molecule has 2 heterocycles. The van der Waals surface area contributed by atoms with E-state index in [2.05, 4.69) is 16.0 Å². The van der Waals surface area contributed by atoms with Crippen LogP contribution in [0.25, 0.3) is 10.9 Å². The Morgan fingerprint density at radius 1 is 1.24 bits per heavy atom. The van der Waals surface area contributed by atoms with Crippen molar-refractivity contribution in [1.82, 2.24) is 4.98 Å². The summed E-state index contributed by atoms with van der Waals surface area (Å²) in [5, 5.41) is 10.2. The number of nitriles is 1. The molecule has 0 radical (unpaired) electrons. The first-order valence-electron chi connectivity index (χ1n) is 6.74. The van der Waals surface area contributed by atoms with Crippen molar-refractivity contribution < 1.29 is 4.42 Å². The van der Waals surface area contributed by atoms with E-state index in [-0.39, 0.29) is 0 Å². The van der Waals surface area contributed by atoms with Crippen LogP contribution in [0.3, 0.4) is 0 Å². The Kier molecular flexibility index (Phi) is 3.33. The second-order valence-electron chi connectivity index (χ2n) is 5.02. The van der Waals surface area contributed by atoms with Crippen molar-refractivity contribution in [3.8, 4) is 6.07 Å². The van der Waals surface area contributed by atoms with Crippen LogP contribution in [0, 0.1) is 18.3 Å². The molecule has 104 valence electrons. The number of rotatable bonds is 3. The lowest BCUT2D eigenvalue weighted by Crippen LogP contribution is -2.16. The van der Waals surface area contributed by atoms with Crippen LogP contribution in [0.2, 0.25) is 0 Å². The molecule has 0 amide bonds. The third-order valence-corrected chi connectivity index (χ3v) is 3.41. The van der Waals surface area contributed by atoms with E-state index in [4.69, 9.17) is 9.68 Å². The van der Waals surface area contributed by atoms with Gasteiger partial charge >= 0.3 is 0 Å². The maximum absolute atomic E-state index is 9.15. The number of hydrogen-bond acceptors (Lipinski definition) is 4. The molecular weight excluding hydrogens is 262 g/mol. The number of hydrogen-bond donors (Lipinski definition) is 0. The predicted molar refractivity (Wildman–Crippen MR) is 82.0 cm³/mol. The standard InChI is InChI=1S/C17H15N3O/c1-12-7-8-14(21-12)11-20(2)17-9-13(10-18)19-16-6-4-3-5-15(16)17/h3-9H,11H2,1-2H3. The molecule has 0 unspecified atom stereocenters. The van der Waals surface area contributed by atoms with Gasteiger partial charge in [-0.1, -0.05) is 18.2 Å². The van der Waals surface area contributed by atoms with Crippen molar-refractivity contribution in [3.63, 3.8) is 0 Å². The lowest BCUT2D eigenvalue weighted by molar-refractivity contribution is 0.482. The normalized spacial score (nSPS) is 10.5. The molecule has 0 aliphatic rings. The third kappa shape index (κ3) is 2.59. The zero-order chi connectivity index (χ0) is 14.8. The van der Waals surface area contributed by atoms with Crippen molar-refractivity contribution in [2.24, 2.45) is 0 Å². The van der Waals surface area contributed by atoms with Crippen LogP contribution in [0.4, 0.5) is 5.69 Å². The average molecular weight is 277 g/mol. The molecule has 4 heteroatoms. The highest BCUT2D eigenvalue weighted by molar-refractivity contribution is 5.92. The van der Waals surface area contributed by atoms with E-state index in [1.807, 2.05) is 56.4 Å². The Hall–Kier alpha value is -2.80. The highest BCUT2D eigenvalue weighted by Crippen LogP contribution is 2.27. The van der Waals surface area contributed by atoms with Crippen LogP contribution in [0.5, 0.6) is 0 Å². The number of benzene rings is 1. The lowest BCUT2D eigenvalue weighted by atomic mass is 10.1. The van der Waals surface area contributed by atoms with Crippen LogP contribution in [-0.4, -0.2) is 12.0 Å². The minimum atomic E-state index is 0.422. The molecule has 0 saturated heterocycles. The van der Waals surface area contributed by atoms with Gasteiger partial charge in [0, 0.05) is 18.1 Å². The maximum Gasteiger partial charge on any atom is 0.143 e. The van der Waals surface area contributed by atoms with Gasteiger partial charge in [0.2, 0.25) is 0 Å². The molecule has 21 heavy (non-hydrogen) atoms. The number of furan rings is 1. The summed E-state index contributed by atoms with van der Waals surface area (Å²) in [6.45, 7) is 2.58. The molecule has 0 spiro atoms. The Labute approximate surface area is 123 Å². The van der Waals surface area contributed by atoms with Gasteiger partial charge in [-0.25, -0.2) is 4.98 Å². The highest BCUT2D eigenvalue weighted by Gasteiger charge is 2.11. The summed E-state index contributed by atoms with van der Waals surface area (Å²) in [4.78, 5) is 6.41. The smallest absolute Gasteiger partial charge is 0.143 e. The zero-order valence-electron chi connectivity index (χ0n) is 12.0. The fourth-order valence-electron chi connectivity index (χ4n) is 2.42. The van der Waals surface area contributed by atoms with Crippen molar-refractivity contribution in [1.29, 1.82) is 5.26 Å². The topological polar surface area (TPSA) is 53.1 Å². The van der Waals surface area contributed by atoms with Gasteiger partial charge in [-0.2, -0.15) is 5.26 Å². The summed E-state index contributed by atoms with van der Waals surface area (Å²) in [6, 6.07) is 15.7. The van der Waals surface area contributed by atoms with Gasteiger partial charge in [0.05, 0.1) is 12.1 Å². The number of anilines is 1. The van der Waals surface area contributed by atoms with Crippen LogP contribution in [0.1, 0.15) is 17.2 Å². The van der Waals surface area contributed by atoms with E-state index < -0.39 is 0 Å². The number of aryl methyl sites for hydroxylation is 1. The number of pyridine rings is 1. The second-order valence-corrected chi connectivity index (χ2v) is 5.02. The number of para-hydroxylation sites is 1. The van der Waals surface area contributed by atoms with Crippen molar-refractivity contribution in [2.75, 3.05) is 11.9 Å². The van der Waals surface area contributed by atoms with E-state index in [9.17, 15) is 0 Å². The molecule has 0 bridgehead atoms. The minimum Gasteiger partial charge on any atom is -0.464 e. The van der Waals surface area contributed by atoms with Gasteiger partial charge in [0.1, 0.15) is 23.3 Å². The summed E-state index contributed by atoms with van der Waals surface area (Å²) in [6.07, 6.45) is 0. The van der Waals surface area contributed by atoms with Crippen molar-refractivity contribution in [2.45, 2.75) is 13.5 Å². The van der Waals surface area contributed by atoms with Crippen molar-refractivity contribution >= 4 is 16.6 Å². The quantitative estimate of drug-likeness (QED) is 0.733. The molecule has 2 aromatic heterocycles. The first kappa shape index (κ1) is 13.2. The SMILES string of the molecule is Cc1ccc(CN(C)c2cc(C#N)nc3ccccc23)o1. The van der Waals surface area contributed by atoms with Gasteiger partial charge in [-0.15, -0.1) is 0 Å². The van der Waals surface area contributed by atoms with E-state index >= 15 is 0 Å². The molecule has 0 fully saturated rings. The van der Waals surface area contributed by atoms with Gasteiger partial charge in [0.15, 0.2) is 0 Å².